The topological polar surface area (TPSA) is 20.3 Å². The van der Waals surface area contributed by atoms with Crippen LogP contribution < -0.4 is 0 Å². The molecule has 0 unspecified atom stereocenters. The van der Waals surface area contributed by atoms with E-state index in [0.717, 1.165) is 29.9 Å². The van der Waals surface area contributed by atoms with Crippen molar-refractivity contribution < 1.29 is 4.79 Å². The van der Waals surface area contributed by atoms with E-state index in [1.54, 1.807) is 0 Å². The number of nitrogens with zero attached hydrogens (tertiary/aromatic N) is 1. The van der Waals surface area contributed by atoms with Crippen LogP contribution >= 0.6 is 0 Å². The summed E-state index contributed by atoms with van der Waals surface area (Å²) < 4.78 is 0. The Bertz CT molecular complexity index is 680. The average molecular weight is 305 g/mol. The van der Waals surface area contributed by atoms with Gasteiger partial charge in [-0.25, -0.2) is 0 Å². The van der Waals surface area contributed by atoms with E-state index in [1.165, 1.54) is 24.8 Å². The standard InChI is InChI=1S/C21H23NO/c1-17-10-12-19(13-11-17)21(23)16-20(18-8-4-2-5-9-18)22-14-6-3-7-15-22/h2,4-5,8-13,16H,3,6-7,14-15H2,1H3/b20-16+. The molecular weight excluding hydrogens is 282 g/mol. The summed E-state index contributed by atoms with van der Waals surface area (Å²) in [7, 11) is 0. The van der Waals surface area contributed by atoms with Crippen molar-refractivity contribution in [3.8, 4) is 0 Å². The van der Waals surface area contributed by atoms with E-state index in [1.807, 2.05) is 55.5 Å². The molecule has 3 rings (SSSR count). The van der Waals surface area contributed by atoms with Crippen LogP contribution in [0.2, 0.25) is 0 Å². The van der Waals surface area contributed by atoms with Crippen LogP contribution in [0.1, 0.15) is 40.7 Å². The summed E-state index contributed by atoms with van der Waals surface area (Å²) in [5.41, 5.74) is 4.09. The Hall–Kier alpha value is -2.35. The predicted octanol–water partition coefficient (Wildman–Crippen LogP) is 4.70. The van der Waals surface area contributed by atoms with Crippen molar-refractivity contribution in [2.75, 3.05) is 13.1 Å². The first kappa shape index (κ1) is 15.5. The van der Waals surface area contributed by atoms with E-state index in [2.05, 4.69) is 17.0 Å². The number of hydrogen-bond donors (Lipinski definition) is 0. The predicted molar refractivity (Wildman–Crippen MR) is 95.4 cm³/mol. The Morgan fingerprint density at radius 2 is 1.52 bits per heavy atom. The molecule has 1 fully saturated rings. The maximum atomic E-state index is 12.7. The number of benzene rings is 2. The number of aryl methyl sites for hydroxylation is 1. The highest BCUT2D eigenvalue weighted by molar-refractivity contribution is 6.08. The molecule has 0 spiro atoms. The van der Waals surface area contributed by atoms with E-state index >= 15 is 0 Å². The number of hydrogen-bond acceptors (Lipinski definition) is 2. The summed E-state index contributed by atoms with van der Waals surface area (Å²) in [6.45, 7) is 4.09. The van der Waals surface area contributed by atoms with Gasteiger partial charge >= 0.3 is 0 Å². The van der Waals surface area contributed by atoms with Crippen molar-refractivity contribution in [1.82, 2.24) is 4.90 Å². The van der Waals surface area contributed by atoms with Crippen LogP contribution in [-0.4, -0.2) is 23.8 Å². The van der Waals surface area contributed by atoms with Gasteiger partial charge in [0, 0.05) is 30.4 Å². The lowest BCUT2D eigenvalue weighted by atomic mass is 10.0. The van der Waals surface area contributed by atoms with E-state index in [-0.39, 0.29) is 5.78 Å². The highest BCUT2D eigenvalue weighted by Crippen LogP contribution is 2.24. The second kappa shape index (κ2) is 7.28. The maximum Gasteiger partial charge on any atom is 0.187 e. The van der Waals surface area contributed by atoms with E-state index < -0.39 is 0 Å². The molecule has 0 saturated carbocycles. The molecule has 0 atom stereocenters. The van der Waals surface area contributed by atoms with Crippen LogP contribution in [0.4, 0.5) is 0 Å². The van der Waals surface area contributed by atoms with Crippen LogP contribution in [-0.2, 0) is 0 Å². The fraction of sp³-hybridized carbons (Fsp3) is 0.286. The summed E-state index contributed by atoms with van der Waals surface area (Å²) in [4.78, 5) is 15.0. The molecule has 1 heterocycles. The lowest BCUT2D eigenvalue weighted by Gasteiger charge is -2.31. The summed E-state index contributed by atoms with van der Waals surface area (Å²) in [5.74, 6) is 0.0782. The fourth-order valence-electron chi connectivity index (χ4n) is 3.03. The second-order valence-electron chi connectivity index (χ2n) is 6.17. The number of rotatable bonds is 4. The normalized spacial score (nSPS) is 15.5. The number of ketones is 1. The number of carbonyl (C=O) groups excluding carboxylic acids is 1. The third-order valence-electron chi connectivity index (χ3n) is 4.37. The van der Waals surface area contributed by atoms with Gasteiger partial charge in [-0.3, -0.25) is 4.79 Å². The monoisotopic (exact) mass is 305 g/mol. The van der Waals surface area contributed by atoms with E-state index in [9.17, 15) is 4.79 Å². The molecule has 1 saturated heterocycles. The molecule has 118 valence electrons. The van der Waals surface area contributed by atoms with Crippen molar-refractivity contribution in [1.29, 1.82) is 0 Å². The minimum absolute atomic E-state index is 0.0782. The zero-order chi connectivity index (χ0) is 16.1. The van der Waals surface area contributed by atoms with Crippen LogP contribution in [0.15, 0.2) is 60.7 Å². The number of allylic oxidation sites excluding steroid dienone is 1. The molecule has 0 N–H and O–H groups in total. The zero-order valence-corrected chi connectivity index (χ0v) is 13.7. The second-order valence-corrected chi connectivity index (χ2v) is 6.17. The van der Waals surface area contributed by atoms with Crippen molar-refractivity contribution in [3.63, 3.8) is 0 Å². The zero-order valence-electron chi connectivity index (χ0n) is 13.7. The first-order valence-electron chi connectivity index (χ1n) is 8.37. The van der Waals surface area contributed by atoms with Gasteiger partial charge in [0.25, 0.3) is 0 Å². The lowest BCUT2D eigenvalue weighted by molar-refractivity contribution is 0.104. The molecule has 2 aromatic carbocycles. The van der Waals surface area contributed by atoms with E-state index in [4.69, 9.17) is 0 Å². The number of carbonyl (C=O) groups is 1. The largest absolute Gasteiger partial charge is 0.371 e. The van der Waals surface area contributed by atoms with Crippen molar-refractivity contribution in [3.05, 3.63) is 77.4 Å². The Balaban J connectivity index is 1.93. The van der Waals surface area contributed by atoms with Gasteiger partial charge in [-0.05, 0) is 31.7 Å². The molecule has 2 heteroatoms. The first-order valence-corrected chi connectivity index (χ1v) is 8.37. The van der Waals surface area contributed by atoms with Gasteiger partial charge in [-0.1, -0.05) is 60.2 Å². The first-order chi connectivity index (χ1) is 11.2. The summed E-state index contributed by atoms with van der Waals surface area (Å²) in [6, 6.07) is 18.0. The third-order valence-corrected chi connectivity index (χ3v) is 4.37. The highest BCUT2D eigenvalue weighted by Gasteiger charge is 2.16. The molecule has 0 bridgehead atoms. The number of likely N-dealkylation sites (tertiary alicyclic amines) is 1. The van der Waals surface area contributed by atoms with Gasteiger partial charge in [0.05, 0.1) is 0 Å². The van der Waals surface area contributed by atoms with Crippen molar-refractivity contribution in [2.45, 2.75) is 26.2 Å². The SMILES string of the molecule is Cc1ccc(C(=O)/C=C(\c2ccccc2)N2CCCCC2)cc1. The average Bonchev–Trinajstić information content (AvgIpc) is 2.61. The molecule has 2 aromatic rings. The van der Waals surface area contributed by atoms with Crippen molar-refractivity contribution >= 4 is 11.5 Å². The van der Waals surface area contributed by atoms with Gasteiger partial charge in [-0.15, -0.1) is 0 Å². The minimum Gasteiger partial charge on any atom is -0.371 e. The Kier molecular flexibility index (Phi) is 4.92. The van der Waals surface area contributed by atoms with Crippen LogP contribution in [0.25, 0.3) is 5.70 Å². The lowest BCUT2D eigenvalue weighted by Crippen LogP contribution is -2.28. The fourth-order valence-corrected chi connectivity index (χ4v) is 3.03. The van der Waals surface area contributed by atoms with Gasteiger partial charge in [0.1, 0.15) is 0 Å². The molecule has 1 aliphatic rings. The van der Waals surface area contributed by atoms with Gasteiger partial charge < -0.3 is 4.90 Å². The Labute approximate surface area is 138 Å². The van der Waals surface area contributed by atoms with Crippen LogP contribution in [0.3, 0.4) is 0 Å². The maximum absolute atomic E-state index is 12.7. The quantitative estimate of drug-likeness (QED) is 0.602. The van der Waals surface area contributed by atoms with Gasteiger partial charge in [0.15, 0.2) is 5.78 Å². The molecule has 0 aromatic heterocycles. The smallest absolute Gasteiger partial charge is 0.187 e. The summed E-state index contributed by atoms with van der Waals surface area (Å²) in [5, 5.41) is 0. The molecule has 2 nitrogen and oxygen atoms in total. The molecule has 1 aliphatic heterocycles. The summed E-state index contributed by atoms with van der Waals surface area (Å²) in [6.07, 6.45) is 5.49. The molecule has 0 radical (unpaired) electrons. The molecular formula is C21H23NO. The number of piperidine rings is 1. The third kappa shape index (κ3) is 3.89. The van der Waals surface area contributed by atoms with Gasteiger partial charge in [-0.2, -0.15) is 0 Å². The highest BCUT2D eigenvalue weighted by atomic mass is 16.1. The van der Waals surface area contributed by atoms with Crippen LogP contribution in [0.5, 0.6) is 0 Å². The Morgan fingerprint density at radius 1 is 0.870 bits per heavy atom. The van der Waals surface area contributed by atoms with Crippen LogP contribution in [0, 0.1) is 6.92 Å². The Morgan fingerprint density at radius 3 is 2.17 bits per heavy atom. The van der Waals surface area contributed by atoms with Crippen molar-refractivity contribution in [2.24, 2.45) is 0 Å². The van der Waals surface area contributed by atoms with Gasteiger partial charge in [0.2, 0.25) is 0 Å². The summed E-state index contributed by atoms with van der Waals surface area (Å²) >= 11 is 0. The molecule has 0 aliphatic carbocycles. The minimum atomic E-state index is 0.0782. The molecule has 0 amide bonds. The van der Waals surface area contributed by atoms with E-state index in [0.29, 0.717) is 0 Å². The molecule has 23 heavy (non-hydrogen) atoms.